The molecule has 0 unspecified atom stereocenters. The molecule has 0 bridgehead atoms. The van der Waals surface area contributed by atoms with Gasteiger partial charge in [0.15, 0.2) is 5.15 Å². The molecule has 9 heteroatoms. The zero-order valence-corrected chi connectivity index (χ0v) is 17.9. The minimum absolute atomic E-state index is 0.313. The van der Waals surface area contributed by atoms with E-state index in [1.54, 1.807) is 19.4 Å². The van der Waals surface area contributed by atoms with E-state index in [1.165, 1.54) is 6.33 Å². The number of methoxy groups -OCH3 is 1. The molecule has 0 amide bonds. The Morgan fingerprint density at radius 1 is 1.10 bits per heavy atom. The number of hydrogen-bond donors (Lipinski definition) is 1. The standard InChI is InChI=1S/C20H22Cl2N4O3/c1-20(2,28-8-4-7-21)29-13-5-6-15-16(9-13)24-12-25-19(15)26-17-10-14(27-3)11-23-18(17)22/h5-6,9-12H,4,7-8H2,1-3H3,(H,24,25,26). The minimum Gasteiger partial charge on any atom is -0.495 e. The molecule has 1 N–H and O–H groups in total. The van der Waals surface area contributed by atoms with Gasteiger partial charge in [-0.1, -0.05) is 11.6 Å². The number of pyridine rings is 1. The van der Waals surface area contributed by atoms with Gasteiger partial charge >= 0.3 is 0 Å². The predicted octanol–water partition coefficient (Wildman–Crippen LogP) is 5.19. The summed E-state index contributed by atoms with van der Waals surface area (Å²) in [5.41, 5.74) is 1.30. The summed E-state index contributed by atoms with van der Waals surface area (Å²) in [6, 6.07) is 7.31. The van der Waals surface area contributed by atoms with Crippen LogP contribution in [0.25, 0.3) is 10.9 Å². The summed E-state index contributed by atoms with van der Waals surface area (Å²) in [7, 11) is 1.57. The van der Waals surface area contributed by atoms with Crippen molar-refractivity contribution in [3.63, 3.8) is 0 Å². The summed E-state index contributed by atoms with van der Waals surface area (Å²) >= 11 is 11.9. The number of halogens is 2. The van der Waals surface area contributed by atoms with E-state index in [2.05, 4.69) is 20.3 Å². The lowest BCUT2D eigenvalue weighted by molar-refractivity contribution is -0.155. The molecule has 0 aliphatic heterocycles. The van der Waals surface area contributed by atoms with E-state index >= 15 is 0 Å². The van der Waals surface area contributed by atoms with Crippen LogP contribution in [-0.2, 0) is 4.74 Å². The third-order valence-corrected chi connectivity index (χ3v) is 4.57. The maximum atomic E-state index is 6.19. The zero-order valence-electron chi connectivity index (χ0n) is 16.4. The fourth-order valence-corrected chi connectivity index (χ4v) is 2.90. The molecular formula is C20H22Cl2N4O3. The molecule has 29 heavy (non-hydrogen) atoms. The number of rotatable bonds is 9. The highest BCUT2D eigenvalue weighted by Gasteiger charge is 2.20. The van der Waals surface area contributed by atoms with Crippen LogP contribution in [0.5, 0.6) is 11.5 Å². The second-order valence-corrected chi connectivity index (χ2v) is 7.37. The highest BCUT2D eigenvalue weighted by Crippen LogP contribution is 2.31. The molecule has 0 saturated heterocycles. The Morgan fingerprint density at radius 3 is 2.69 bits per heavy atom. The Morgan fingerprint density at radius 2 is 1.93 bits per heavy atom. The van der Waals surface area contributed by atoms with Crippen LogP contribution in [0, 0.1) is 0 Å². The van der Waals surface area contributed by atoms with E-state index in [4.69, 9.17) is 37.4 Å². The molecule has 0 saturated carbocycles. The van der Waals surface area contributed by atoms with Crippen molar-refractivity contribution in [1.29, 1.82) is 0 Å². The number of benzene rings is 1. The first kappa shape index (κ1) is 21.4. The van der Waals surface area contributed by atoms with Crippen LogP contribution >= 0.6 is 23.2 Å². The van der Waals surface area contributed by atoms with Gasteiger partial charge in [0.25, 0.3) is 0 Å². The number of aromatic nitrogens is 3. The molecule has 0 radical (unpaired) electrons. The van der Waals surface area contributed by atoms with Crippen molar-refractivity contribution in [1.82, 2.24) is 15.0 Å². The molecule has 0 spiro atoms. The molecule has 0 aliphatic rings. The molecule has 2 aromatic heterocycles. The van der Waals surface area contributed by atoms with E-state index in [0.29, 0.717) is 46.2 Å². The zero-order chi connectivity index (χ0) is 20.9. The lowest BCUT2D eigenvalue weighted by atomic mass is 10.2. The van der Waals surface area contributed by atoms with Gasteiger partial charge in [0.2, 0.25) is 5.79 Å². The quantitative estimate of drug-likeness (QED) is 0.214. The summed E-state index contributed by atoms with van der Waals surface area (Å²) in [4.78, 5) is 12.8. The van der Waals surface area contributed by atoms with Gasteiger partial charge in [0.05, 0.1) is 31.1 Å². The van der Waals surface area contributed by atoms with Gasteiger partial charge in [-0.25, -0.2) is 15.0 Å². The molecule has 154 valence electrons. The number of hydrogen-bond acceptors (Lipinski definition) is 7. The number of alkyl halides is 1. The first-order chi connectivity index (χ1) is 13.9. The summed E-state index contributed by atoms with van der Waals surface area (Å²) in [6.07, 6.45) is 3.78. The molecule has 7 nitrogen and oxygen atoms in total. The Kier molecular flexibility index (Phi) is 6.95. The number of ether oxygens (including phenoxy) is 3. The molecule has 3 aromatic rings. The van der Waals surface area contributed by atoms with Crippen molar-refractivity contribution in [3.8, 4) is 11.5 Å². The van der Waals surface area contributed by atoms with E-state index in [1.807, 2.05) is 32.0 Å². The van der Waals surface area contributed by atoms with Crippen LogP contribution in [0.2, 0.25) is 5.15 Å². The second kappa shape index (κ2) is 9.43. The van der Waals surface area contributed by atoms with Crippen LogP contribution in [-0.4, -0.2) is 40.3 Å². The summed E-state index contributed by atoms with van der Waals surface area (Å²) in [5.74, 6) is 1.58. The van der Waals surface area contributed by atoms with Crippen molar-refractivity contribution in [2.24, 2.45) is 0 Å². The Labute approximate surface area is 179 Å². The van der Waals surface area contributed by atoms with Gasteiger partial charge in [0.1, 0.15) is 23.6 Å². The van der Waals surface area contributed by atoms with Crippen LogP contribution in [0.4, 0.5) is 11.5 Å². The molecule has 0 aliphatic carbocycles. The Hall–Kier alpha value is -2.35. The molecule has 1 aromatic carbocycles. The Balaban J connectivity index is 1.83. The predicted molar refractivity (Wildman–Crippen MR) is 115 cm³/mol. The van der Waals surface area contributed by atoms with Gasteiger partial charge < -0.3 is 19.5 Å². The molecule has 3 rings (SSSR count). The van der Waals surface area contributed by atoms with Crippen LogP contribution < -0.4 is 14.8 Å². The summed E-state index contributed by atoms with van der Waals surface area (Å²) in [5, 5.41) is 4.31. The topological polar surface area (TPSA) is 78.4 Å². The normalized spacial score (nSPS) is 11.5. The van der Waals surface area contributed by atoms with Crippen molar-refractivity contribution < 1.29 is 14.2 Å². The first-order valence-corrected chi connectivity index (χ1v) is 9.93. The van der Waals surface area contributed by atoms with Gasteiger partial charge in [-0.3, -0.25) is 0 Å². The summed E-state index contributed by atoms with van der Waals surface area (Å²) < 4.78 is 16.9. The molecule has 0 fully saturated rings. The number of nitrogens with one attached hydrogen (secondary N) is 1. The van der Waals surface area contributed by atoms with Crippen molar-refractivity contribution in [2.45, 2.75) is 26.1 Å². The fourth-order valence-electron chi connectivity index (χ4n) is 2.64. The van der Waals surface area contributed by atoms with Gasteiger partial charge in [-0.05, 0) is 18.6 Å². The molecule has 2 heterocycles. The van der Waals surface area contributed by atoms with Gasteiger partial charge in [-0.15, -0.1) is 11.6 Å². The van der Waals surface area contributed by atoms with Gasteiger partial charge in [-0.2, -0.15) is 0 Å². The maximum Gasteiger partial charge on any atom is 0.204 e. The van der Waals surface area contributed by atoms with E-state index in [-0.39, 0.29) is 0 Å². The summed E-state index contributed by atoms with van der Waals surface area (Å²) in [6.45, 7) is 4.24. The average Bonchev–Trinajstić information content (AvgIpc) is 2.69. The maximum absolute atomic E-state index is 6.19. The third-order valence-electron chi connectivity index (χ3n) is 4.00. The average molecular weight is 437 g/mol. The van der Waals surface area contributed by atoms with Crippen molar-refractivity contribution in [3.05, 3.63) is 41.9 Å². The van der Waals surface area contributed by atoms with Crippen molar-refractivity contribution in [2.75, 3.05) is 24.9 Å². The van der Waals surface area contributed by atoms with Gasteiger partial charge in [0, 0.05) is 37.2 Å². The first-order valence-electron chi connectivity index (χ1n) is 9.02. The third kappa shape index (κ3) is 5.59. The number of anilines is 2. The Bertz CT molecular complexity index is 985. The largest absolute Gasteiger partial charge is 0.495 e. The van der Waals surface area contributed by atoms with Crippen LogP contribution in [0.1, 0.15) is 20.3 Å². The second-order valence-electron chi connectivity index (χ2n) is 6.63. The van der Waals surface area contributed by atoms with Crippen LogP contribution in [0.3, 0.4) is 0 Å². The van der Waals surface area contributed by atoms with E-state index in [0.717, 1.165) is 11.8 Å². The minimum atomic E-state index is -0.784. The monoisotopic (exact) mass is 436 g/mol. The lowest BCUT2D eigenvalue weighted by Crippen LogP contribution is -2.32. The van der Waals surface area contributed by atoms with Crippen LogP contribution in [0.15, 0.2) is 36.8 Å². The van der Waals surface area contributed by atoms with Crippen molar-refractivity contribution >= 4 is 45.6 Å². The lowest BCUT2D eigenvalue weighted by Gasteiger charge is -2.26. The van der Waals surface area contributed by atoms with E-state index in [9.17, 15) is 0 Å². The number of fused-ring (bicyclic) bond motifs is 1. The molecular weight excluding hydrogens is 415 g/mol. The highest BCUT2D eigenvalue weighted by atomic mass is 35.5. The van der Waals surface area contributed by atoms with E-state index < -0.39 is 5.79 Å². The SMILES string of the molecule is COc1cnc(Cl)c(Nc2ncnc3cc(OC(C)(C)OCCCCl)ccc23)c1. The smallest absolute Gasteiger partial charge is 0.204 e. The fraction of sp³-hybridized carbons (Fsp3) is 0.350. The highest BCUT2D eigenvalue weighted by molar-refractivity contribution is 6.32. The number of nitrogens with zero attached hydrogens (tertiary/aromatic N) is 3. The molecule has 0 atom stereocenters.